The van der Waals surface area contributed by atoms with E-state index in [1.54, 1.807) is 12.1 Å². The largest absolute Gasteiger partial charge is 0.391 e. The summed E-state index contributed by atoms with van der Waals surface area (Å²) in [6.07, 6.45) is 5.94. The van der Waals surface area contributed by atoms with E-state index < -0.39 is 11.5 Å². The van der Waals surface area contributed by atoms with Crippen LogP contribution in [0, 0.1) is 5.82 Å². The fraction of sp³-hybridized carbons (Fsp3) is 0.588. The number of aliphatic hydroxyl groups is 1. The van der Waals surface area contributed by atoms with Crippen LogP contribution in [-0.2, 0) is 10.2 Å². The van der Waals surface area contributed by atoms with Gasteiger partial charge in [-0.3, -0.25) is 4.79 Å². The predicted octanol–water partition coefficient (Wildman–Crippen LogP) is 2.67. The molecule has 114 valence electrons. The Hall–Kier alpha value is -1.42. The van der Waals surface area contributed by atoms with Crippen molar-refractivity contribution in [2.45, 2.75) is 62.5 Å². The average Bonchev–Trinajstić information content (AvgIpc) is 3.28. The highest BCUT2D eigenvalue weighted by Gasteiger charge is 2.51. The Morgan fingerprint density at radius 3 is 2.48 bits per heavy atom. The van der Waals surface area contributed by atoms with Crippen LogP contribution >= 0.6 is 0 Å². The molecule has 0 heterocycles. The Labute approximate surface area is 124 Å². The molecule has 2 aliphatic carbocycles. The van der Waals surface area contributed by atoms with Crippen LogP contribution in [0.4, 0.5) is 4.39 Å². The molecule has 1 amide bonds. The maximum Gasteiger partial charge on any atom is 0.230 e. The van der Waals surface area contributed by atoms with E-state index >= 15 is 0 Å². The highest BCUT2D eigenvalue weighted by molar-refractivity contribution is 5.91. The summed E-state index contributed by atoms with van der Waals surface area (Å²) in [6.45, 7) is 0. The Morgan fingerprint density at radius 1 is 1.14 bits per heavy atom. The van der Waals surface area contributed by atoms with Crippen molar-refractivity contribution >= 4 is 5.91 Å². The molecular weight excluding hydrogens is 269 g/mol. The van der Waals surface area contributed by atoms with Crippen molar-refractivity contribution in [1.29, 1.82) is 0 Å². The van der Waals surface area contributed by atoms with Crippen LogP contribution in [0.25, 0.3) is 0 Å². The second-order valence-corrected chi connectivity index (χ2v) is 6.37. The Morgan fingerprint density at radius 2 is 1.81 bits per heavy atom. The van der Waals surface area contributed by atoms with Crippen LogP contribution in [0.2, 0.25) is 0 Å². The number of rotatable bonds is 3. The van der Waals surface area contributed by atoms with E-state index in [2.05, 4.69) is 5.32 Å². The van der Waals surface area contributed by atoms with Gasteiger partial charge in [-0.2, -0.15) is 0 Å². The lowest BCUT2D eigenvalue weighted by Gasteiger charge is -2.25. The van der Waals surface area contributed by atoms with E-state index in [1.807, 2.05) is 0 Å². The number of nitrogens with one attached hydrogen (secondary N) is 1. The second-order valence-electron chi connectivity index (χ2n) is 6.37. The van der Waals surface area contributed by atoms with Gasteiger partial charge in [-0.15, -0.1) is 0 Å². The SMILES string of the molecule is O=C(NC1CCCCCC1O)C1(c2ccc(F)cc2)CC1. The lowest BCUT2D eigenvalue weighted by molar-refractivity contribution is -0.125. The number of carbonyl (C=O) groups excluding carboxylic acids is 1. The maximum absolute atomic E-state index is 13.0. The molecule has 2 unspecified atom stereocenters. The van der Waals surface area contributed by atoms with Crippen molar-refractivity contribution in [1.82, 2.24) is 5.32 Å². The van der Waals surface area contributed by atoms with E-state index in [-0.39, 0.29) is 17.8 Å². The summed E-state index contributed by atoms with van der Waals surface area (Å²) in [5.41, 5.74) is 0.379. The van der Waals surface area contributed by atoms with Crippen LogP contribution in [0.15, 0.2) is 24.3 Å². The number of halogens is 1. The topological polar surface area (TPSA) is 49.3 Å². The third-order valence-electron chi connectivity index (χ3n) is 4.88. The quantitative estimate of drug-likeness (QED) is 0.841. The molecule has 0 bridgehead atoms. The zero-order valence-electron chi connectivity index (χ0n) is 12.1. The number of aliphatic hydroxyl groups excluding tert-OH is 1. The molecule has 2 aliphatic rings. The van der Waals surface area contributed by atoms with Crippen LogP contribution in [0.5, 0.6) is 0 Å². The third-order valence-corrected chi connectivity index (χ3v) is 4.88. The molecule has 0 radical (unpaired) electrons. The first kappa shape index (κ1) is 14.5. The van der Waals surface area contributed by atoms with Crippen molar-refractivity contribution in [2.75, 3.05) is 0 Å². The van der Waals surface area contributed by atoms with Gasteiger partial charge in [0.05, 0.1) is 17.6 Å². The molecule has 4 heteroatoms. The fourth-order valence-corrected chi connectivity index (χ4v) is 3.30. The van der Waals surface area contributed by atoms with Crippen molar-refractivity contribution in [3.05, 3.63) is 35.6 Å². The van der Waals surface area contributed by atoms with Gasteiger partial charge in [0.1, 0.15) is 5.82 Å². The van der Waals surface area contributed by atoms with Gasteiger partial charge in [0, 0.05) is 0 Å². The zero-order chi connectivity index (χ0) is 14.9. The molecule has 3 nitrogen and oxygen atoms in total. The van der Waals surface area contributed by atoms with Crippen molar-refractivity contribution in [3.8, 4) is 0 Å². The van der Waals surface area contributed by atoms with E-state index in [1.165, 1.54) is 12.1 Å². The summed E-state index contributed by atoms with van der Waals surface area (Å²) >= 11 is 0. The molecule has 2 saturated carbocycles. The molecule has 0 spiro atoms. The van der Waals surface area contributed by atoms with Gasteiger partial charge in [-0.1, -0.05) is 31.4 Å². The number of amides is 1. The molecule has 0 saturated heterocycles. The van der Waals surface area contributed by atoms with Gasteiger partial charge in [-0.05, 0) is 43.4 Å². The zero-order valence-corrected chi connectivity index (χ0v) is 12.1. The summed E-state index contributed by atoms with van der Waals surface area (Å²) in [4.78, 5) is 12.6. The normalized spacial score (nSPS) is 27.7. The van der Waals surface area contributed by atoms with Gasteiger partial charge in [0.25, 0.3) is 0 Å². The highest BCUT2D eigenvalue weighted by Crippen LogP contribution is 2.48. The first-order valence-corrected chi connectivity index (χ1v) is 7.87. The average molecular weight is 291 g/mol. The monoisotopic (exact) mass is 291 g/mol. The first-order chi connectivity index (χ1) is 10.1. The summed E-state index contributed by atoms with van der Waals surface area (Å²) < 4.78 is 13.0. The van der Waals surface area contributed by atoms with E-state index in [4.69, 9.17) is 0 Å². The fourth-order valence-electron chi connectivity index (χ4n) is 3.30. The van der Waals surface area contributed by atoms with Gasteiger partial charge in [-0.25, -0.2) is 4.39 Å². The molecular formula is C17H22FNO2. The van der Waals surface area contributed by atoms with E-state index in [0.29, 0.717) is 0 Å². The summed E-state index contributed by atoms with van der Waals surface area (Å²) in [7, 11) is 0. The molecule has 0 aromatic heterocycles. The summed E-state index contributed by atoms with van der Waals surface area (Å²) in [5.74, 6) is -0.297. The Balaban J connectivity index is 1.71. The van der Waals surface area contributed by atoms with E-state index in [0.717, 1.165) is 50.5 Å². The molecule has 1 aromatic rings. The summed E-state index contributed by atoms with van der Waals surface area (Å²) in [5, 5.41) is 13.2. The lowest BCUT2D eigenvalue weighted by atomic mass is 9.94. The highest BCUT2D eigenvalue weighted by atomic mass is 19.1. The van der Waals surface area contributed by atoms with Gasteiger partial charge in [0.2, 0.25) is 5.91 Å². The van der Waals surface area contributed by atoms with Crippen LogP contribution in [0.3, 0.4) is 0 Å². The molecule has 2 fully saturated rings. The van der Waals surface area contributed by atoms with E-state index in [9.17, 15) is 14.3 Å². The first-order valence-electron chi connectivity index (χ1n) is 7.87. The number of carbonyl (C=O) groups is 1. The minimum atomic E-state index is -0.500. The minimum absolute atomic E-state index is 0.0138. The molecule has 2 atom stereocenters. The second kappa shape index (κ2) is 5.76. The molecule has 2 N–H and O–H groups in total. The molecule has 21 heavy (non-hydrogen) atoms. The van der Waals surface area contributed by atoms with Gasteiger partial charge in [0.15, 0.2) is 0 Å². The Kier molecular flexibility index (Phi) is 3.98. The standard InChI is InChI=1S/C17H22FNO2/c18-13-8-6-12(7-9-13)17(10-11-17)16(21)19-14-4-2-1-3-5-15(14)20/h6-9,14-15,20H,1-5,10-11H2,(H,19,21). The van der Waals surface area contributed by atoms with Crippen molar-refractivity contribution in [3.63, 3.8) is 0 Å². The van der Waals surface area contributed by atoms with Gasteiger partial charge >= 0.3 is 0 Å². The minimum Gasteiger partial charge on any atom is -0.391 e. The van der Waals surface area contributed by atoms with Crippen molar-refractivity contribution in [2.24, 2.45) is 0 Å². The Bertz CT molecular complexity index is 510. The van der Waals surface area contributed by atoms with Crippen molar-refractivity contribution < 1.29 is 14.3 Å². The molecule has 0 aliphatic heterocycles. The number of hydrogen-bond acceptors (Lipinski definition) is 2. The molecule has 3 rings (SSSR count). The maximum atomic E-state index is 13.0. The molecule has 1 aromatic carbocycles. The summed E-state index contributed by atoms with van der Waals surface area (Å²) in [6, 6.07) is 6.07. The van der Waals surface area contributed by atoms with Crippen LogP contribution in [-0.4, -0.2) is 23.2 Å². The van der Waals surface area contributed by atoms with Crippen LogP contribution < -0.4 is 5.32 Å². The van der Waals surface area contributed by atoms with Crippen LogP contribution in [0.1, 0.15) is 50.5 Å². The number of benzene rings is 1. The lowest BCUT2D eigenvalue weighted by Crippen LogP contribution is -2.46. The smallest absolute Gasteiger partial charge is 0.230 e. The number of hydrogen-bond donors (Lipinski definition) is 2. The van der Waals surface area contributed by atoms with Gasteiger partial charge < -0.3 is 10.4 Å². The predicted molar refractivity (Wildman–Crippen MR) is 78.3 cm³/mol. The third kappa shape index (κ3) is 2.95.